The highest BCUT2D eigenvalue weighted by Crippen LogP contribution is 2.15. The van der Waals surface area contributed by atoms with E-state index in [1.807, 2.05) is 6.92 Å². The third kappa shape index (κ3) is 6.60. The Balaban J connectivity index is 2.00. The molecular weight excluding hydrogens is 366 g/mol. The highest BCUT2D eigenvalue weighted by molar-refractivity contribution is 5.98. The lowest BCUT2D eigenvalue weighted by molar-refractivity contribution is -0.118. The van der Waals surface area contributed by atoms with Crippen LogP contribution >= 0.6 is 0 Å². The number of carbonyl (C=O) groups is 2. The predicted octanol–water partition coefficient (Wildman–Crippen LogP) is 3.90. The van der Waals surface area contributed by atoms with Crippen molar-refractivity contribution in [1.29, 1.82) is 5.41 Å². The average molecular weight is 393 g/mol. The molecular formula is C23H27N3O3. The van der Waals surface area contributed by atoms with Crippen molar-refractivity contribution >= 4 is 23.8 Å². The van der Waals surface area contributed by atoms with Crippen LogP contribution in [0.25, 0.3) is 6.08 Å². The van der Waals surface area contributed by atoms with Gasteiger partial charge < -0.3 is 15.8 Å². The van der Waals surface area contributed by atoms with E-state index in [2.05, 4.69) is 12.2 Å². The quantitative estimate of drug-likeness (QED) is 0.208. The van der Waals surface area contributed by atoms with Crippen LogP contribution in [0.1, 0.15) is 55.1 Å². The molecule has 29 heavy (non-hydrogen) atoms. The number of amides is 1. The molecule has 0 aromatic heterocycles. The van der Waals surface area contributed by atoms with Gasteiger partial charge in [-0.3, -0.25) is 10.2 Å². The van der Waals surface area contributed by atoms with Gasteiger partial charge in [-0.25, -0.2) is 4.79 Å². The molecule has 2 aromatic carbocycles. The molecule has 4 N–H and O–H groups in total. The number of rotatable bonds is 8. The zero-order valence-electron chi connectivity index (χ0n) is 17.0. The zero-order chi connectivity index (χ0) is 21.4. The van der Waals surface area contributed by atoms with Crippen molar-refractivity contribution in [2.24, 2.45) is 5.73 Å². The smallest absolute Gasteiger partial charge is 0.343 e. The summed E-state index contributed by atoms with van der Waals surface area (Å²) in [7, 11) is 0. The normalized spacial score (nSPS) is 12.2. The summed E-state index contributed by atoms with van der Waals surface area (Å²) in [4.78, 5) is 24.5. The lowest BCUT2D eigenvalue weighted by Gasteiger charge is -2.12. The van der Waals surface area contributed by atoms with Crippen molar-refractivity contribution in [2.75, 3.05) is 0 Å². The number of amidine groups is 1. The number of nitrogens with two attached hydrogens (primary N) is 1. The molecule has 1 atom stereocenters. The Hall–Kier alpha value is -3.41. The first kappa shape index (κ1) is 21.9. The van der Waals surface area contributed by atoms with Crippen LogP contribution in [0.2, 0.25) is 0 Å². The molecule has 2 aromatic rings. The number of esters is 1. The first-order chi connectivity index (χ1) is 13.8. The van der Waals surface area contributed by atoms with Crippen molar-refractivity contribution in [3.8, 4) is 5.75 Å². The van der Waals surface area contributed by atoms with Gasteiger partial charge in [0, 0.05) is 17.2 Å². The molecule has 0 spiro atoms. The number of nitrogen functional groups attached to an aromatic ring is 1. The monoisotopic (exact) mass is 393 g/mol. The Kier molecular flexibility index (Phi) is 7.71. The summed E-state index contributed by atoms with van der Waals surface area (Å²) in [5.41, 5.74) is 7.79. The SMILES string of the molecule is CCC[C@@H](C)NC(=O)/C(C)=C\c1ccc(C(=O)Oc2ccc(C(=N)N)cc2)cc1. The fraction of sp³-hybridized carbons (Fsp3) is 0.261. The van der Waals surface area contributed by atoms with Crippen molar-refractivity contribution in [3.63, 3.8) is 0 Å². The summed E-state index contributed by atoms with van der Waals surface area (Å²) in [5.74, 6) is -0.254. The minimum Gasteiger partial charge on any atom is -0.423 e. The summed E-state index contributed by atoms with van der Waals surface area (Å²) in [5, 5.41) is 10.3. The van der Waals surface area contributed by atoms with E-state index in [9.17, 15) is 9.59 Å². The van der Waals surface area contributed by atoms with Crippen LogP contribution in [0, 0.1) is 5.41 Å². The van der Waals surface area contributed by atoms with Gasteiger partial charge in [0.1, 0.15) is 11.6 Å². The van der Waals surface area contributed by atoms with Gasteiger partial charge in [0.25, 0.3) is 0 Å². The molecule has 0 saturated heterocycles. The molecule has 0 radical (unpaired) electrons. The Bertz CT molecular complexity index is 900. The second-order valence-electron chi connectivity index (χ2n) is 6.94. The molecule has 0 aliphatic rings. The van der Waals surface area contributed by atoms with E-state index in [-0.39, 0.29) is 17.8 Å². The highest BCUT2D eigenvalue weighted by atomic mass is 16.5. The molecule has 6 nitrogen and oxygen atoms in total. The lowest BCUT2D eigenvalue weighted by Crippen LogP contribution is -2.32. The van der Waals surface area contributed by atoms with Crippen LogP contribution in [0.15, 0.2) is 54.1 Å². The molecule has 0 heterocycles. The van der Waals surface area contributed by atoms with Crippen LogP contribution in [0.3, 0.4) is 0 Å². The number of hydrogen-bond acceptors (Lipinski definition) is 4. The summed E-state index contributed by atoms with van der Waals surface area (Å²) >= 11 is 0. The van der Waals surface area contributed by atoms with E-state index in [4.69, 9.17) is 15.9 Å². The topological polar surface area (TPSA) is 105 Å². The molecule has 0 aliphatic heterocycles. The van der Waals surface area contributed by atoms with E-state index < -0.39 is 5.97 Å². The van der Waals surface area contributed by atoms with Crippen LogP contribution in [0.5, 0.6) is 5.75 Å². The fourth-order valence-electron chi connectivity index (χ4n) is 2.74. The third-order valence-electron chi connectivity index (χ3n) is 4.36. The zero-order valence-corrected chi connectivity index (χ0v) is 17.0. The first-order valence-electron chi connectivity index (χ1n) is 9.56. The second kappa shape index (κ2) is 10.2. The Labute approximate surface area is 171 Å². The number of nitrogens with one attached hydrogen (secondary N) is 2. The van der Waals surface area contributed by atoms with Gasteiger partial charge in [0.2, 0.25) is 5.91 Å². The van der Waals surface area contributed by atoms with Crippen molar-refractivity contribution in [2.45, 2.75) is 39.7 Å². The number of hydrogen-bond donors (Lipinski definition) is 3. The second-order valence-corrected chi connectivity index (χ2v) is 6.94. The molecule has 0 unspecified atom stereocenters. The summed E-state index contributed by atoms with van der Waals surface area (Å²) in [6.45, 7) is 5.84. The average Bonchev–Trinajstić information content (AvgIpc) is 2.69. The van der Waals surface area contributed by atoms with E-state index in [0.717, 1.165) is 18.4 Å². The molecule has 0 aliphatic carbocycles. The maximum absolute atomic E-state index is 12.3. The maximum atomic E-state index is 12.3. The van der Waals surface area contributed by atoms with Crippen molar-refractivity contribution < 1.29 is 14.3 Å². The minimum atomic E-state index is -0.487. The van der Waals surface area contributed by atoms with E-state index >= 15 is 0 Å². The predicted molar refractivity (Wildman–Crippen MR) is 115 cm³/mol. The Morgan fingerprint density at radius 1 is 1.10 bits per heavy atom. The van der Waals surface area contributed by atoms with Crippen molar-refractivity contribution in [3.05, 3.63) is 70.8 Å². The number of carbonyl (C=O) groups excluding carboxylic acids is 2. The first-order valence-corrected chi connectivity index (χ1v) is 9.56. The molecule has 6 heteroatoms. The van der Waals surface area contributed by atoms with Gasteiger partial charge >= 0.3 is 5.97 Å². The number of benzene rings is 2. The molecule has 0 fully saturated rings. The largest absolute Gasteiger partial charge is 0.423 e. The third-order valence-corrected chi connectivity index (χ3v) is 4.36. The van der Waals surface area contributed by atoms with E-state index in [0.29, 0.717) is 22.4 Å². The van der Waals surface area contributed by atoms with Crippen LogP contribution in [-0.4, -0.2) is 23.8 Å². The van der Waals surface area contributed by atoms with E-state index in [1.54, 1.807) is 61.5 Å². The van der Waals surface area contributed by atoms with Gasteiger partial charge in [-0.15, -0.1) is 0 Å². The highest BCUT2D eigenvalue weighted by Gasteiger charge is 2.10. The molecule has 152 valence electrons. The van der Waals surface area contributed by atoms with Gasteiger partial charge in [-0.1, -0.05) is 25.5 Å². The van der Waals surface area contributed by atoms with Gasteiger partial charge in [-0.2, -0.15) is 0 Å². The summed E-state index contributed by atoms with van der Waals surface area (Å²) in [6.07, 6.45) is 3.74. The molecule has 0 saturated carbocycles. The number of ether oxygens (including phenoxy) is 1. The Morgan fingerprint density at radius 2 is 1.69 bits per heavy atom. The lowest BCUT2D eigenvalue weighted by atomic mass is 10.1. The fourth-order valence-corrected chi connectivity index (χ4v) is 2.74. The van der Waals surface area contributed by atoms with Crippen molar-refractivity contribution in [1.82, 2.24) is 5.32 Å². The van der Waals surface area contributed by atoms with Crippen LogP contribution in [0.4, 0.5) is 0 Å². The Morgan fingerprint density at radius 3 is 2.24 bits per heavy atom. The van der Waals surface area contributed by atoms with Crippen LogP contribution in [-0.2, 0) is 4.79 Å². The molecule has 2 rings (SSSR count). The van der Waals surface area contributed by atoms with Gasteiger partial charge in [0.15, 0.2) is 0 Å². The standard InChI is InChI=1S/C23H27N3O3/c1-4-5-16(3)26-22(27)15(2)14-17-6-8-19(9-7-17)23(28)29-20-12-10-18(11-13-20)21(24)25/h6-14,16H,4-5H2,1-3H3,(H3,24,25)(H,26,27)/b15-14-/t16-/m1/s1. The molecule has 0 bridgehead atoms. The van der Waals surface area contributed by atoms with E-state index in [1.165, 1.54) is 0 Å². The minimum absolute atomic E-state index is 0.0460. The summed E-state index contributed by atoms with van der Waals surface area (Å²) in [6, 6.07) is 13.4. The van der Waals surface area contributed by atoms with Crippen LogP contribution < -0.4 is 15.8 Å². The molecule has 1 amide bonds. The van der Waals surface area contributed by atoms with Gasteiger partial charge in [-0.05, 0) is 68.3 Å². The van der Waals surface area contributed by atoms with Gasteiger partial charge in [0.05, 0.1) is 5.56 Å². The maximum Gasteiger partial charge on any atom is 0.343 e. The summed E-state index contributed by atoms with van der Waals surface area (Å²) < 4.78 is 5.33.